The summed E-state index contributed by atoms with van der Waals surface area (Å²) in [5.41, 5.74) is 9.13. The first-order valence-electron chi connectivity index (χ1n) is 14.1. The predicted octanol–water partition coefficient (Wildman–Crippen LogP) is 3.95. The number of benzene rings is 2. The molecule has 0 spiro atoms. The molecule has 214 valence electrons. The summed E-state index contributed by atoms with van der Waals surface area (Å²) in [5, 5.41) is 13.1. The molecular weight excluding hydrogens is 518 g/mol. The standard InChI is InChI=1S/C31H37N7O3/c1-31(2,33)29(39)38-13-10-22(11-14-38)21-41-28-8-3-23(19-24(28)20-32)27-9-12-34-30(36-27)35-25-4-6-26(7-5-25)37-15-17-40-18-16-37/h3-9,12,19,22H,10-11,13-18,21,33H2,1-2H3,(H,34,35,36). The van der Waals surface area contributed by atoms with E-state index in [2.05, 4.69) is 38.4 Å². The van der Waals surface area contributed by atoms with Crippen molar-refractivity contribution >= 4 is 23.2 Å². The molecule has 3 N–H and O–H groups in total. The summed E-state index contributed by atoms with van der Waals surface area (Å²) < 4.78 is 11.5. The lowest BCUT2D eigenvalue weighted by Crippen LogP contribution is -2.53. The molecule has 2 fully saturated rings. The van der Waals surface area contributed by atoms with Crippen LogP contribution in [-0.4, -0.2) is 72.3 Å². The number of nitrogens with two attached hydrogens (primary N) is 1. The molecule has 2 saturated heterocycles. The lowest BCUT2D eigenvalue weighted by Gasteiger charge is -2.35. The number of ether oxygens (including phenoxy) is 2. The molecule has 0 radical (unpaired) electrons. The van der Waals surface area contributed by atoms with Gasteiger partial charge in [0.05, 0.1) is 36.6 Å². The smallest absolute Gasteiger partial charge is 0.242 e. The molecule has 1 amide bonds. The minimum atomic E-state index is -0.859. The number of rotatable bonds is 8. The topological polar surface area (TPSA) is 130 Å². The maximum absolute atomic E-state index is 12.4. The summed E-state index contributed by atoms with van der Waals surface area (Å²) in [4.78, 5) is 25.6. The van der Waals surface area contributed by atoms with Gasteiger partial charge in [-0.15, -0.1) is 0 Å². The number of nitriles is 1. The number of morpholine rings is 1. The first-order valence-corrected chi connectivity index (χ1v) is 14.1. The molecule has 0 atom stereocenters. The first-order chi connectivity index (χ1) is 19.8. The summed E-state index contributed by atoms with van der Waals surface area (Å²) in [6.45, 7) is 8.58. The Hall–Kier alpha value is -4.20. The number of nitrogens with one attached hydrogen (secondary N) is 1. The van der Waals surface area contributed by atoms with Crippen molar-refractivity contribution in [2.45, 2.75) is 32.2 Å². The maximum atomic E-state index is 12.4. The number of hydrogen-bond acceptors (Lipinski definition) is 9. The molecule has 0 saturated carbocycles. The highest BCUT2D eigenvalue weighted by Crippen LogP contribution is 2.28. The minimum Gasteiger partial charge on any atom is -0.492 e. The number of anilines is 3. The van der Waals surface area contributed by atoms with Gasteiger partial charge in [-0.05, 0) is 81.1 Å². The number of hydrogen-bond donors (Lipinski definition) is 2. The second-order valence-electron chi connectivity index (χ2n) is 11.1. The zero-order valence-corrected chi connectivity index (χ0v) is 23.7. The summed E-state index contributed by atoms with van der Waals surface area (Å²) >= 11 is 0. The average molecular weight is 556 g/mol. The van der Waals surface area contributed by atoms with Crippen LogP contribution in [0, 0.1) is 17.2 Å². The lowest BCUT2D eigenvalue weighted by molar-refractivity contribution is -0.137. The SMILES string of the molecule is CC(C)(N)C(=O)N1CCC(COc2ccc(-c3ccnc(Nc4ccc(N5CCOCC5)cc4)n3)cc2C#N)CC1. The molecule has 2 aromatic carbocycles. The zero-order chi connectivity index (χ0) is 28.8. The molecule has 10 nitrogen and oxygen atoms in total. The summed E-state index contributed by atoms with van der Waals surface area (Å²) in [6.07, 6.45) is 3.38. The van der Waals surface area contributed by atoms with Crippen molar-refractivity contribution in [1.82, 2.24) is 14.9 Å². The molecule has 0 bridgehead atoms. The van der Waals surface area contributed by atoms with Gasteiger partial charge in [-0.3, -0.25) is 4.79 Å². The molecule has 2 aliphatic rings. The molecule has 0 unspecified atom stereocenters. The molecule has 1 aromatic heterocycles. The van der Waals surface area contributed by atoms with Crippen LogP contribution in [-0.2, 0) is 9.53 Å². The van der Waals surface area contributed by atoms with Gasteiger partial charge in [-0.1, -0.05) is 0 Å². The second kappa shape index (κ2) is 12.5. The minimum absolute atomic E-state index is 0.0241. The number of carbonyl (C=O) groups is 1. The van der Waals surface area contributed by atoms with Gasteiger partial charge in [0.2, 0.25) is 11.9 Å². The fourth-order valence-corrected chi connectivity index (χ4v) is 5.11. The number of amides is 1. The normalized spacial score (nSPS) is 16.2. The molecule has 41 heavy (non-hydrogen) atoms. The highest BCUT2D eigenvalue weighted by atomic mass is 16.5. The molecular formula is C31H37N7O3. The summed E-state index contributed by atoms with van der Waals surface area (Å²) in [7, 11) is 0. The van der Waals surface area contributed by atoms with Crippen LogP contribution in [0.4, 0.5) is 17.3 Å². The Labute approximate surface area is 241 Å². The molecule has 3 heterocycles. The third-order valence-corrected chi connectivity index (χ3v) is 7.48. The summed E-state index contributed by atoms with van der Waals surface area (Å²) in [6, 6.07) is 17.8. The Bertz CT molecular complexity index is 1380. The maximum Gasteiger partial charge on any atom is 0.242 e. The van der Waals surface area contributed by atoms with Gasteiger partial charge < -0.3 is 30.3 Å². The van der Waals surface area contributed by atoms with Crippen molar-refractivity contribution < 1.29 is 14.3 Å². The third kappa shape index (κ3) is 7.12. The molecule has 0 aliphatic carbocycles. The van der Waals surface area contributed by atoms with Crippen LogP contribution in [0.15, 0.2) is 54.7 Å². The number of carbonyl (C=O) groups excluding carboxylic acids is 1. The second-order valence-corrected chi connectivity index (χ2v) is 11.1. The largest absolute Gasteiger partial charge is 0.492 e. The zero-order valence-electron chi connectivity index (χ0n) is 23.7. The van der Waals surface area contributed by atoms with Crippen LogP contribution >= 0.6 is 0 Å². The van der Waals surface area contributed by atoms with E-state index < -0.39 is 5.54 Å². The van der Waals surface area contributed by atoms with Crippen molar-refractivity contribution in [3.63, 3.8) is 0 Å². The van der Waals surface area contributed by atoms with Crippen molar-refractivity contribution in [3.05, 3.63) is 60.3 Å². The van der Waals surface area contributed by atoms with Gasteiger partial charge in [0.15, 0.2) is 0 Å². The average Bonchev–Trinajstić information content (AvgIpc) is 3.00. The molecule has 10 heteroatoms. The van der Waals surface area contributed by atoms with Gasteiger partial charge in [0, 0.05) is 49.3 Å². The van der Waals surface area contributed by atoms with Crippen LogP contribution in [0.1, 0.15) is 32.3 Å². The van der Waals surface area contributed by atoms with Crippen molar-refractivity contribution in [2.75, 3.05) is 56.2 Å². The van der Waals surface area contributed by atoms with Crippen molar-refractivity contribution in [1.29, 1.82) is 5.26 Å². The van der Waals surface area contributed by atoms with E-state index in [0.29, 0.717) is 48.6 Å². The fourth-order valence-electron chi connectivity index (χ4n) is 5.11. The Kier molecular flexibility index (Phi) is 8.67. The van der Waals surface area contributed by atoms with E-state index in [-0.39, 0.29) is 5.91 Å². The fraction of sp³-hybridized carbons (Fsp3) is 0.419. The van der Waals surface area contributed by atoms with Crippen LogP contribution in [0.5, 0.6) is 5.75 Å². The van der Waals surface area contributed by atoms with Gasteiger partial charge in [0.1, 0.15) is 11.8 Å². The van der Waals surface area contributed by atoms with Crippen LogP contribution in [0.25, 0.3) is 11.3 Å². The van der Waals surface area contributed by atoms with E-state index in [1.165, 1.54) is 0 Å². The number of aromatic nitrogens is 2. The Morgan fingerprint density at radius 2 is 1.85 bits per heavy atom. The van der Waals surface area contributed by atoms with Gasteiger partial charge in [-0.25, -0.2) is 9.97 Å². The van der Waals surface area contributed by atoms with E-state index in [4.69, 9.17) is 15.2 Å². The van der Waals surface area contributed by atoms with E-state index in [1.54, 1.807) is 26.1 Å². The molecule has 3 aromatic rings. The van der Waals surface area contributed by atoms with E-state index in [1.807, 2.05) is 35.2 Å². The monoisotopic (exact) mass is 555 g/mol. The van der Waals surface area contributed by atoms with Gasteiger partial charge >= 0.3 is 0 Å². The molecule has 2 aliphatic heterocycles. The number of piperidine rings is 1. The first kappa shape index (κ1) is 28.3. The van der Waals surface area contributed by atoms with E-state index in [0.717, 1.165) is 56.1 Å². The number of likely N-dealkylation sites (tertiary alicyclic amines) is 1. The van der Waals surface area contributed by atoms with Gasteiger partial charge in [-0.2, -0.15) is 5.26 Å². The highest BCUT2D eigenvalue weighted by molar-refractivity contribution is 5.85. The predicted molar refractivity (Wildman–Crippen MR) is 158 cm³/mol. The van der Waals surface area contributed by atoms with Crippen LogP contribution < -0.4 is 20.7 Å². The lowest BCUT2D eigenvalue weighted by atomic mass is 9.95. The van der Waals surface area contributed by atoms with E-state index in [9.17, 15) is 10.1 Å². The van der Waals surface area contributed by atoms with Gasteiger partial charge in [0.25, 0.3) is 0 Å². The Morgan fingerprint density at radius 1 is 1.12 bits per heavy atom. The third-order valence-electron chi connectivity index (χ3n) is 7.48. The van der Waals surface area contributed by atoms with Crippen molar-refractivity contribution in [3.8, 4) is 23.1 Å². The van der Waals surface area contributed by atoms with Crippen molar-refractivity contribution in [2.24, 2.45) is 11.7 Å². The van der Waals surface area contributed by atoms with Crippen LogP contribution in [0.2, 0.25) is 0 Å². The quantitative estimate of drug-likeness (QED) is 0.424. The summed E-state index contributed by atoms with van der Waals surface area (Å²) in [5.74, 6) is 1.31. The molecule has 5 rings (SSSR count). The number of nitrogens with zero attached hydrogens (tertiary/aromatic N) is 5. The highest BCUT2D eigenvalue weighted by Gasteiger charge is 2.31. The Balaban J connectivity index is 1.19. The Morgan fingerprint density at radius 3 is 2.54 bits per heavy atom. The van der Waals surface area contributed by atoms with E-state index >= 15 is 0 Å². The van der Waals surface area contributed by atoms with Crippen LogP contribution in [0.3, 0.4) is 0 Å².